The van der Waals surface area contributed by atoms with Crippen LogP contribution in [0.5, 0.6) is 0 Å². The van der Waals surface area contributed by atoms with E-state index in [1.54, 1.807) is 6.92 Å². The topological polar surface area (TPSA) is 75.5 Å². The van der Waals surface area contributed by atoms with Crippen molar-refractivity contribution in [3.05, 3.63) is 17.8 Å². The summed E-state index contributed by atoms with van der Waals surface area (Å²) in [6, 6.07) is -0.820. The van der Waals surface area contributed by atoms with E-state index in [0.717, 1.165) is 0 Å². The monoisotopic (exact) mass is 269 g/mol. The zero-order valence-corrected chi connectivity index (χ0v) is 10.8. The van der Waals surface area contributed by atoms with E-state index in [-0.39, 0.29) is 17.6 Å². The Morgan fingerprint density at radius 3 is 2.95 bits per heavy atom. The van der Waals surface area contributed by atoms with Crippen molar-refractivity contribution < 1.29 is 19.0 Å². The van der Waals surface area contributed by atoms with Crippen LogP contribution in [0, 0.1) is 5.82 Å². The normalized spacial score (nSPS) is 22.8. The summed E-state index contributed by atoms with van der Waals surface area (Å²) >= 11 is 0. The first-order valence-corrected chi connectivity index (χ1v) is 6.10. The number of hydrogen-bond donors (Lipinski definition) is 1. The van der Waals surface area contributed by atoms with Crippen molar-refractivity contribution in [3.8, 4) is 0 Å². The van der Waals surface area contributed by atoms with Crippen molar-refractivity contribution >= 4 is 11.8 Å². The molecule has 1 saturated heterocycles. The summed E-state index contributed by atoms with van der Waals surface area (Å²) in [5.41, 5.74) is 0.287. The third kappa shape index (κ3) is 2.51. The molecule has 0 aromatic carbocycles. The van der Waals surface area contributed by atoms with Gasteiger partial charge in [-0.05, 0) is 6.42 Å². The molecule has 6 nitrogen and oxygen atoms in total. The Bertz CT molecular complexity index is 483. The first kappa shape index (κ1) is 13.7. The molecule has 0 bridgehead atoms. The number of methoxy groups -OCH3 is 1. The molecule has 0 aliphatic carbocycles. The van der Waals surface area contributed by atoms with Crippen LogP contribution in [0.25, 0.3) is 0 Å². The Balaban J connectivity index is 2.36. The van der Waals surface area contributed by atoms with E-state index in [1.165, 1.54) is 18.3 Å². The number of anilines is 1. The van der Waals surface area contributed by atoms with Crippen LogP contribution in [-0.4, -0.2) is 46.8 Å². The van der Waals surface area contributed by atoms with Crippen LogP contribution in [0.2, 0.25) is 0 Å². The van der Waals surface area contributed by atoms with Gasteiger partial charge in [0.05, 0.1) is 11.8 Å². The smallest absolute Gasteiger partial charge is 0.326 e. The minimum Gasteiger partial charge on any atom is -0.480 e. The van der Waals surface area contributed by atoms with Crippen LogP contribution in [0.4, 0.5) is 10.2 Å². The van der Waals surface area contributed by atoms with Gasteiger partial charge >= 0.3 is 5.97 Å². The maximum absolute atomic E-state index is 14.2. The number of aryl methyl sites for hydroxylation is 1. The van der Waals surface area contributed by atoms with Crippen molar-refractivity contribution in [3.63, 3.8) is 0 Å². The molecule has 1 N–H and O–H groups in total. The van der Waals surface area contributed by atoms with Crippen molar-refractivity contribution in [1.82, 2.24) is 9.97 Å². The van der Waals surface area contributed by atoms with Crippen molar-refractivity contribution in [2.45, 2.75) is 31.9 Å². The second-order valence-corrected chi connectivity index (χ2v) is 4.41. The first-order valence-electron chi connectivity index (χ1n) is 6.10. The van der Waals surface area contributed by atoms with E-state index in [9.17, 15) is 14.3 Å². The largest absolute Gasteiger partial charge is 0.480 e. The van der Waals surface area contributed by atoms with Crippen molar-refractivity contribution in [2.24, 2.45) is 0 Å². The van der Waals surface area contributed by atoms with E-state index in [1.807, 2.05) is 0 Å². The van der Waals surface area contributed by atoms with Gasteiger partial charge in [0.15, 0.2) is 11.6 Å². The van der Waals surface area contributed by atoms with Gasteiger partial charge in [-0.1, -0.05) is 6.92 Å². The summed E-state index contributed by atoms with van der Waals surface area (Å²) < 4.78 is 19.4. The van der Waals surface area contributed by atoms with Gasteiger partial charge < -0.3 is 14.7 Å². The Hall–Kier alpha value is -1.76. The number of aromatic nitrogens is 2. The SMILES string of the molecule is CCc1ncnc(N2CC(OC)CC2C(=O)O)c1F. The zero-order chi connectivity index (χ0) is 14.0. The average molecular weight is 269 g/mol. The number of halogens is 1. The van der Waals surface area contributed by atoms with Crippen LogP contribution >= 0.6 is 0 Å². The number of carboxylic acids is 1. The zero-order valence-electron chi connectivity index (χ0n) is 10.8. The number of ether oxygens (including phenoxy) is 1. The van der Waals surface area contributed by atoms with E-state index in [2.05, 4.69) is 9.97 Å². The second-order valence-electron chi connectivity index (χ2n) is 4.41. The Kier molecular flexibility index (Phi) is 3.94. The third-order valence-electron chi connectivity index (χ3n) is 3.33. The summed E-state index contributed by atoms with van der Waals surface area (Å²) in [6.07, 6.45) is 1.77. The summed E-state index contributed by atoms with van der Waals surface area (Å²) in [5, 5.41) is 9.21. The van der Waals surface area contributed by atoms with Crippen molar-refractivity contribution in [2.75, 3.05) is 18.6 Å². The molecular weight excluding hydrogens is 253 g/mol. The standard InChI is InChI=1S/C12H16FN3O3/c1-3-8-10(13)11(15-6-14-8)16-5-7(19-2)4-9(16)12(17)18/h6-7,9H,3-5H2,1-2H3,(H,17,18). The molecule has 2 unspecified atom stereocenters. The van der Waals surface area contributed by atoms with Crippen LogP contribution in [0.3, 0.4) is 0 Å². The number of nitrogens with zero attached hydrogens (tertiary/aromatic N) is 3. The molecule has 2 atom stereocenters. The fourth-order valence-electron chi connectivity index (χ4n) is 2.28. The molecule has 1 aliphatic rings. The Morgan fingerprint density at radius 1 is 1.63 bits per heavy atom. The van der Waals surface area contributed by atoms with Gasteiger partial charge in [-0.3, -0.25) is 0 Å². The highest BCUT2D eigenvalue weighted by Crippen LogP contribution is 2.28. The summed E-state index contributed by atoms with van der Waals surface area (Å²) in [7, 11) is 1.51. The molecule has 2 heterocycles. The van der Waals surface area contributed by atoms with Crippen LogP contribution in [0.15, 0.2) is 6.33 Å². The van der Waals surface area contributed by atoms with Gasteiger partial charge in [0.25, 0.3) is 0 Å². The van der Waals surface area contributed by atoms with E-state index < -0.39 is 17.8 Å². The highest BCUT2D eigenvalue weighted by atomic mass is 19.1. The van der Waals surface area contributed by atoms with Gasteiger partial charge in [-0.25, -0.2) is 19.2 Å². The number of aliphatic carboxylic acids is 1. The molecule has 104 valence electrons. The maximum atomic E-state index is 14.2. The fourth-order valence-corrected chi connectivity index (χ4v) is 2.28. The minimum absolute atomic E-state index is 0.0406. The third-order valence-corrected chi connectivity index (χ3v) is 3.33. The lowest BCUT2D eigenvalue weighted by molar-refractivity contribution is -0.138. The summed E-state index contributed by atoms with van der Waals surface area (Å²) in [4.78, 5) is 20.4. The van der Waals surface area contributed by atoms with Gasteiger partial charge in [0.2, 0.25) is 0 Å². The lowest BCUT2D eigenvalue weighted by atomic mass is 10.2. The molecule has 0 amide bonds. The fraction of sp³-hybridized carbons (Fsp3) is 0.583. The molecule has 0 radical (unpaired) electrons. The minimum atomic E-state index is -1.00. The van der Waals surface area contributed by atoms with Gasteiger partial charge in [0.1, 0.15) is 12.4 Å². The quantitative estimate of drug-likeness (QED) is 0.873. The molecule has 2 rings (SSSR count). The number of carbonyl (C=O) groups is 1. The molecule has 1 aliphatic heterocycles. The highest BCUT2D eigenvalue weighted by Gasteiger charge is 2.39. The second kappa shape index (κ2) is 5.48. The maximum Gasteiger partial charge on any atom is 0.326 e. The number of rotatable bonds is 4. The van der Waals surface area contributed by atoms with Crippen LogP contribution in [-0.2, 0) is 16.0 Å². The number of hydrogen-bond acceptors (Lipinski definition) is 5. The van der Waals surface area contributed by atoms with Crippen LogP contribution < -0.4 is 4.90 Å². The van der Waals surface area contributed by atoms with Gasteiger partial charge in [-0.2, -0.15) is 0 Å². The first-order chi connectivity index (χ1) is 9.08. The van der Waals surface area contributed by atoms with Crippen LogP contribution in [0.1, 0.15) is 19.0 Å². The molecule has 1 aromatic rings. The average Bonchev–Trinajstić information content (AvgIpc) is 2.83. The Labute approximate surface area is 110 Å². The molecule has 19 heavy (non-hydrogen) atoms. The Morgan fingerprint density at radius 2 is 2.37 bits per heavy atom. The molecule has 1 fully saturated rings. The van der Waals surface area contributed by atoms with Crippen molar-refractivity contribution in [1.29, 1.82) is 0 Å². The lowest BCUT2D eigenvalue weighted by Crippen LogP contribution is -2.37. The predicted molar refractivity (Wildman–Crippen MR) is 65.6 cm³/mol. The van der Waals surface area contributed by atoms with Gasteiger partial charge in [-0.15, -0.1) is 0 Å². The molecular formula is C12H16FN3O3. The lowest BCUT2D eigenvalue weighted by Gasteiger charge is -2.22. The number of carboxylic acid groups (broad SMARTS) is 1. The van der Waals surface area contributed by atoms with E-state index in [0.29, 0.717) is 19.4 Å². The molecule has 0 saturated carbocycles. The highest BCUT2D eigenvalue weighted by molar-refractivity contribution is 5.78. The predicted octanol–water partition coefficient (Wildman–Crippen LogP) is 0.856. The van der Waals surface area contributed by atoms with Gasteiger partial charge in [0, 0.05) is 20.1 Å². The van der Waals surface area contributed by atoms with E-state index >= 15 is 0 Å². The summed E-state index contributed by atoms with van der Waals surface area (Å²) in [5.74, 6) is -1.51. The molecule has 7 heteroatoms. The van der Waals surface area contributed by atoms with E-state index in [4.69, 9.17) is 4.74 Å². The molecule has 1 aromatic heterocycles. The summed E-state index contributed by atoms with van der Waals surface area (Å²) in [6.45, 7) is 2.09. The molecule has 0 spiro atoms.